The van der Waals surface area contributed by atoms with Gasteiger partial charge in [0.2, 0.25) is 5.91 Å². The van der Waals surface area contributed by atoms with E-state index in [1.807, 2.05) is 13.8 Å². The maximum Gasteiger partial charge on any atom is 0.253 e. The molecule has 0 spiro atoms. The summed E-state index contributed by atoms with van der Waals surface area (Å²) in [6.45, 7) is 5.08. The average Bonchev–Trinajstić information content (AvgIpc) is 2.54. The van der Waals surface area contributed by atoms with Gasteiger partial charge in [0.15, 0.2) is 0 Å². The summed E-state index contributed by atoms with van der Waals surface area (Å²) >= 11 is 0. The van der Waals surface area contributed by atoms with Gasteiger partial charge in [-0.05, 0) is 51.0 Å². The first-order valence-electron chi connectivity index (χ1n) is 7.89. The Kier molecular flexibility index (Phi) is 7.17. The number of hydrogen-bond acceptors (Lipinski definition) is 3. The third-order valence-corrected chi connectivity index (χ3v) is 4.14. The SMILES string of the molecule is CC(C)(CN)NC(=O)C1CCCN(C(=O)c2ccc(F)cc2)C1.Cl. The molecule has 1 atom stereocenters. The molecule has 1 aromatic rings. The summed E-state index contributed by atoms with van der Waals surface area (Å²) in [5.41, 5.74) is 5.62. The van der Waals surface area contributed by atoms with Crippen LogP contribution in [-0.2, 0) is 4.79 Å². The molecule has 0 aliphatic carbocycles. The number of nitrogens with one attached hydrogen (secondary N) is 1. The van der Waals surface area contributed by atoms with Gasteiger partial charge in [-0.1, -0.05) is 0 Å². The topological polar surface area (TPSA) is 75.4 Å². The van der Waals surface area contributed by atoms with Gasteiger partial charge in [0.25, 0.3) is 5.91 Å². The number of likely N-dealkylation sites (tertiary alicyclic amines) is 1. The van der Waals surface area contributed by atoms with E-state index in [-0.39, 0.29) is 36.0 Å². The lowest BCUT2D eigenvalue weighted by Gasteiger charge is -2.34. The quantitative estimate of drug-likeness (QED) is 0.864. The number of nitrogens with two attached hydrogens (primary N) is 1. The van der Waals surface area contributed by atoms with Crippen LogP contribution in [0, 0.1) is 11.7 Å². The molecule has 1 unspecified atom stereocenters. The number of carbonyl (C=O) groups excluding carboxylic acids is 2. The average molecular weight is 358 g/mol. The number of carbonyl (C=O) groups is 2. The van der Waals surface area contributed by atoms with Crippen LogP contribution in [0.5, 0.6) is 0 Å². The molecule has 1 saturated heterocycles. The van der Waals surface area contributed by atoms with E-state index in [9.17, 15) is 14.0 Å². The summed E-state index contributed by atoms with van der Waals surface area (Å²) in [6, 6.07) is 5.48. The van der Waals surface area contributed by atoms with Crippen molar-refractivity contribution in [1.82, 2.24) is 10.2 Å². The smallest absolute Gasteiger partial charge is 0.253 e. The van der Waals surface area contributed by atoms with E-state index >= 15 is 0 Å². The lowest BCUT2D eigenvalue weighted by molar-refractivity contribution is -0.127. The number of nitrogens with zero attached hydrogens (tertiary/aromatic N) is 1. The number of amides is 2. The van der Waals surface area contributed by atoms with Crippen LogP contribution < -0.4 is 11.1 Å². The van der Waals surface area contributed by atoms with Gasteiger partial charge in [-0.3, -0.25) is 9.59 Å². The van der Waals surface area contributed by atoms with Crippen molar-refractivity contribution in [3.8, 4) is 0 Å². The second kappa shape index (κ2) is 8.44. The van der Waals surface area contributed by atoms with E-state index in [1.165, 1.54) is 24.3 Å². The maximum absolute atomic E-state index is 13.0. The van der Waals surface area contributed by atoms with E-state index < -0.39 is 5.54 Å². The Morgan fingerprint density at radius 3 is 2.54 bits per heavy atom. The molecular weight excluding hydrogens is 333 g/mol. The first-order chi connectivity index (χ1) is 10.8. The Bertz CT molecular complexity index is 578. The Hall–Kier alpha value is -1.66. The number of piperidine rings is 1. The van der Waals surface area contributed by atoms with Gasteiger partial charge in [0.1, 0.15) is 5.82 Å². The molecule has 2 amide bonds. The largest absolute Gasteiger partial charge is 0.350 e. The Morgan fingerprint density at radius 2 is 1.96 bits per heavy atom. The van der Waals surface area contributed by atoms with Crippen molar-refractivity contribution in [2.45, 2.75) is 32.2 Å². The number of hydrogen-bond donors (Lipinski definition) is 2. The Balaban J connectivity index is 0.00000288. The maximum atomic E-state index is 13.0. The summed E-state index contributed by atoms with van der Waals surface area (Å²) in [4.78, 5) is 26.5. The van der Waals surface area contributed by atoms with Crippen LogP contribution >= 0.6 is 12.4 Å². The minimum Gasteiger partial charge on any atom is -0.350 e. The number of benzene rings is 1. The predicted octanol–water partition coefficient (Wildman–Crippen LogP) is 1.95. The van der Waals surface area contributed by atoms with Crippen molar-refractivity contribution in [1.29, 1.82) is 0 Å². The van der Waals surface area contributed by atoms with E-state index in [2.05, 4.69) is 5.32 Å². The molecule has 1 heterocycles. The zero-order chi connectivity index (χ0) is 17.0. The van der Waals surface area contributed by atoms with Gasteiger partial charge in [0, 0.05) is 30.7 Å². The van der Waals surface area contributed by atoms with Crippen molar-refractivity contribution in [2.24, 2.45) is 11.7 Å². The molecule has 1 aliphatic heterocycles. The summed E-state index contributed by atoms with van der Waals surface area (Å²) in [7, 11) is 0. The fourth-order valence-corrected chi connectivity index (χ4v) is 2.64. The molecule has 134 valence electrons. The fourth-order valence-electron chi connectivity index (χ4n) is 2.64. The van der Waals surface area contributed by atoms with Crippen LogP contribution in [0.15, 0.2) is 24.3 Å². The summed E-state index contributed by atoms with van der Waals surface area (Å²) < 4.78 is 13.0. The molecule has 7 heteroatoms. The van der Waals surface area contributed by atoms with Crippen molar-refractivity contribution < 1.29 is 14.0 Å². The highest BCUT2D eigenvalue weighted by Gasteiger charge is 2.31. The van der Waals surface area contributed by atoms with Crippen molar-refractivity contribution in [3.63, 3.8) is 0 Å². The lowest BCUT2D eigenvalue weighted by atomic mass is 9.94. The van der Waals surface area contributed by atoms with Crippen molar-refractivity contribution in [3.05, 3.63) is 35.6 Å². The van der Waals surface area contributed by atoms with E-state index in [4.69, 9.17) is 5.73 Å². The fraction of sp³-hybridized carbons (Fsp3) is 0.529. The molecule has 3 N–H and O–H groups in total. The Labute approximate surface area is 148 Å². The molecule has 0 aromatic heterocycles. The number of halogens is 2. The molecule has 24 heavy (non-hydrogen) atoms. The monoisotopic (exact) mass is 357 g/mol. The van der Waals surface area contributed by atoms with Gasteiger partial charge >= 0.3 is 0 Å². The van der Waals surface area contributed by atoms with Gasteiger partial charge in [0.05, 0.1) is 5.92 Å². The van der Waals surface area contributed by atoms with E-state index in [0.29, 0.717) is 25.2 Å². The highest BCUT2D eigenvalue weighted by Crippen LogP contribution is 2.20. The van der Waals surface area contributed by atoms with E-state index in [1.54, 1.807) is 4.90 Å². The zero-order valence-corrected chi connectivity index (χ0v) is 14.9. The van der Waals surface area contributed by atoms with Gasteiger partial charge in [-0.25, -0.2) is 4.39 Å². The third-order valence-electron chi connectivity index (χ3n) is 4.14. The molecule has 1 aliphatic rings. The minimum atomic E-state index is -0.458. The molecule has 1 aromatic carbocycles. The van der Waals surface area contributed by atoms with Crippen LogP contribution in [0.4, 0.5) is 4.39 Å². The Morgan fingerprint density at radius 1 is 1.33 bits per heavy atom. The first kappa shape index (κ1) is 20.4. The molecule has 1 fully saturated rings. The van der Waals surface area contributed by atoms with Crippen LogP contribution in [0.1, 0.15) is 37.0 Å². The van der Waals surface area contributed by atoms with Crippen molar-refractivity contribution >= 4 is 24.2 Å². The third kappa shape index (κ3) is 5.18. The van der Waals surface area contributed by atoms with Gasteiger partial charge in [-0.2, -0.15) is 0 Å². The minimum absolute atomic E-state index is 0. The van der Waals surface area contributed by atoms with Crippen molar-refractivity contribution in [2.75, 3.05) is 19.6 Å². The lowest BCUT2D eigenvalue weighted by Crippen LogP contribution is -2.53. The zero-order valence-electron chi connectivity index (χ0n) is 14.0. The summed E-state index contributed by atoms with van der Waals surface area (Å²) in [5.74, 6) is -0.849. The standard InChI is InChI=1S/C17H24FN3O2.ClH/c1-17(2,11-19)20-15(22)13-4-3-9-21(10-13)16(23)12-5-7-14(18)8-6-12;/h5-8,13H,3-4,9-11,19H2,1-2H3,(H,20,22);1H. The van der Waals surface area contributed by atoms with Crippen LogP contribution in [0.2, 0.25) is 0 Å². The molecule has 0 saturated carbocycles. The number of rotatable bonds is 4. The van der Waals surface area contributed by atoms with Crippen LogP contribution in [-0.4, -0.2) is 41.9 Å². The second-order valence-electron chi connectivity index (χ2n) is 6.67. The molecule has 5 nitrogen and oxygen atoms in total. The predicted molar refractivity (Wildman–Crippen MR) is 93.6 cm³/mol. The molecule has 0 radical (unpaired) electrons. The van der Waals surface area contributed by atoms with Crippen LogP contribution in [0.25, 0.3) is 0 Å². The molecule has 2 rings (SSSR count). The van der Waals surface area contributed by atoms with Gasteiger partial charge < -0.3 is 16.0 Å². The van der Waals surface area contributed by atoms with Crippen LogP contribution in [0.3, 0.4) is 0 Å². The highest BCUT2D eigenvalue weighted by molar-refractivity contribution is 5.94. The molecular formula is C17H25ClFN3O2. The van der Waals surface area contributed by atoms with Gasteiger partial charge in [-0.15, -0.1) is 12.4 Å². The summed E-state index contributed by atoms with van der Waals surface area (Å²) in [5, 5.41) is 2.93. The summed E-state index contributed by atoms with van der Waals surface area (Å²) in [6.07, 6.45) is 1.52. The second-order valence-corrected chi connectivity index (χ2v) is 6.67. The first-order valence-corrected chi connectivity index (χ1v) is 7.89. The molecule has 0 bridgehead atoms. The normalized spacial score (nSPS) is 17.8. The van der Waals surface area contributed by atoms with E-state index in [0.717, 1.165) is 12.8 Å². The highest BCUT2D eigenvalue weighted by atomic mass is 35.5.